The molecule has 0 unspecified atom stereocenters. The van der Waals surface area contributed by atoms with Gasteiger partial charge in [0.1, 0.15) is 5.69 Å². The zero-order valence-electron chi connectivity index (χ0n) is 12.2. The van der Waals surface area contributed by atoms with E-state index in [-0.39, 0.29) is 16.5 Å². The number of nitrogens with one attached hydrogen (secondary N) is 1. The fraction of sp³-hybridized carbons (Fsp3) is 0.769. The van der Waals surface area contributed by atoms with Gasteiger partial charge in [0.05, 0.1) is 4.92 Å². The van der Waals surface area contributed by atoms with Crippen molar-refractivity contribution in [2.45, 2.75) is 19.8 Å². The molecule has 3 heterocycles. The molecule has 1 aromatic rings. The van der Waals surface area contributed by atoms with Crippen LogP contribution in [0.2, 0.25) is 0 Å². The molecule has 0 aromatic carbocycles. The van der Waals surface area contributed by atoms with Crippen molar-refractivity contribution in [3.8, 4) is 0 Å². The molecule has 1 aromatic heterocycles. The number of hydrogen-bond donors (Lipinski definition) is 1. The molecule has 0 aliphatic carbocycles. The maximum absolute atomic E-state index is 11.5. The molecular weight excluding hydrogens is 258 g/mol. The van der Waals surface area contributed by atoms with Crippen molar-refractivity contribution in [2.24, 2.45) is 18.9 Å². The molecule has 2 saturated heterocycles. The molecule has 7 heteroatoms. The molecule has 0 saturated carbocycles. The van der Waals surface area contributed by atoms with E-state index < -0.39 is 0 Å². The highest BCUT2D eigenvalue weighted by atomic mass is 16.6. The van der Waals surface area contributed by atoms with E-state index in [0.29, 0.717) is 23.3 Å². The summed E-state index contributed by atoms with van der Waals surface area (Å²) in [7, 11) is 1.81. The fourth-order valence-electron chi connectivity index (χ4n) is 3.47. The topological polar surface area (TPSA) is 76.2 Å². The van der Waals surface area contributed by atoms with Crippen LogP contribution in [0.4, 0.5) is 11.5 Å². The van der Waals surface area contributed by atoms with Crippen LogP contribution in [0, 0.1) is 22.0 Å². The van der Waals surface area contributed by atoms with Crippen molar-refractivity contribution in [3.63, 3.8) is 0 Å². The minimum absolute atomic E-state index is 0.0547. The summed E-state index contributed by atoms with van der Waals surface area (Å²) >= 11 is 0. The van der Waals surface area contributed by atoms with Crippen molar-refractivity contribution in [3.05, 3.63) is 15.8 Å². The summed E-state index contributed by atoms with van der Waals surface area (Å²) in [5.74, 6) is 1.94. The normalized spacial score (nSPS) is 25.5. The van der Waals surface area contributed by atoms with Crippen molar-refractivity contribution in [1.82, 2.24) is 15.1 Å². The number of aryl methyl sites for hydroxylation is 1. The highest BCUT2D eigenvalue weighted by molar-refractivity contribution is 5.63. The number of rotatable bonds is 3. The molecule has 1 N–H and O–H groups in total. The predicted molar refractivity (Wildman–Crippen MR) is 76.0 cm³/mol. The summed E-state index contributed by atoms with van der Waals surface area (Å²) in [4.78, 5) is 13.3. The lowest BCUT2D eigenvalue weighted by atomic mass is 10.0. The van der Waals surface area contributed by atoms with E-state index >= 15 is 0 Å². The van der Waals surface area contributed by atoms with Crippen LogP contribution in [0.25, 0.3) is 0 Å². The highest BCUT2D eigenvalue weighted by Crippen LogP contribution is 2.39. The molecule has 0 bridgehead atoms. The molecule has 2 aliphatic heterocycles. The second kappa shape index (κ2) is 4.73. The minimum atomic E-state index is -0.274. The van der Waals surface area contributed by atoms with Gasteiger partial charge in [-0.3, -0.25) is 10.1 Å². The van der Waals surface area contributed by atoms with E-state index in [4.69, 9.17) is 0 Å². The number of aromatic nitrogens is 2. The molecule has 3 rings (SSSR count). The lowest BCUT2D eigenvalue weighted by Gasteiger charge is -2.18. The van der Waals surface area contributed by atoms with Gasteiger partial charge in [-0.1, -0.05) is 13.8 Å². The summed E-state index contributed by atoms with van der Waals surface area (Å²) < 4.78 is 1.68. The lowest BCUT2D eigenvalue weighted by Crippen LogP contribution is -2.27. The maximum Gasteiger partial charge on any atom is 0.334 e. The maximum atomic E-state index is 11.5. The molecule has 7 nitrogen and oxygen atoms in total. The zero-order valence-corrected chi connectivity index (χ0v) is 12.2. The first-order valence-corrected chi connectivity index (χ1v) is 7.16. The molecule has 0 spiro atoms. The Morgan fingerprint density at radius 2 is 1.95 bits per heavy atom. The van der Waals surface area contributed by atoms with Crippen LogP contribution in [0.3, 0.4) is 0 Å². The van der Waals surface area contributed by atoms with Gasteiger partial charge >= 0.3 is 5.69 Å². The Morgan fingerprint density at radius 3 is 2.45 bits per heavy atom. The Hall–Kier alpha value is -1.63. The Kier molecular flexibility index (Phi) is 3.16. The van der Waals surface area contributed by atoms with Gasteiger partial charge in [0.25, 0.3) is 0 Å². The van der Waals surface area contributed by atoms with Crippen molar-refractivity contribution < 1.29 is 4.92 Å². The van der Waals surface area contributed by atoms with Gasteiger partial charge < -0.3 is 10.2 Å². The SMILES string of the molecule is CC(C)c1nn(C)c(N2C[C@H]3CNC[C@H]3C2)c1[N+](=O)[O-]. The fourth-order valence-corrected chi connectivity index (χ4v) is 3.47. The largest absolute Gasteiger partial charge is 0.350 e. The van der Waals surface area contributed by atoms with E-state index in [1.165, 1.54) is 0 Å². The minimum Gasteiger partial charge on any atom is -0.350 e. The van der Waals surface area contributed by atoms with Crippen LogP contribution in [0.15, 0.2) is 0 Å². The number of anilines is 1. The molecule has 2 atom stereocenters. The van der Waals surface area contributed by atoms with E-state index in [1.807, 2.05) is 13.8 Å². The smallest absolute Gasteiger partial charge is 0.334 e. The first kappa shape index (κ1) is 13.4. The monoisotopic (exact) mass is 279 g/mol. The second-order valence-electron chi connectivity index (χ2n) is 6.18. The first-order valence-electron chi connectivity index (χ1n) is 7.16. The molecule has 110 valence electrons. The molecule has 2 fully saturated rings. The predicted octanol–water partition coefficient (Wildman–Crippen LogP) is 1.11. The standard InChI is InChI=1S/C13H21N5O2/c1-8(2)11-12(18(19)20)13(16(3)15-11)17-6-9-4-14-5-10(9)7-17/h8-10,14H,4-7H2,1-3H3/t9-,10+. The van der Waals surface area contributed by atoms with Gasteiger partial charge in [-0.2, -0.15) is 5.10 Å². The van der Waals surface area contributed by atoms with Crippen molar-refractivity contribution in [2.75, 3.05) is 31.1 Å². The molecule has 20 heavy (non-hydrogen) atoms. The summed E-state index contributed by atoms with van der Waals surface area (Å²) in [6, 6.07) is 0. The number of nitrogens with zero attached hydrogens (tertiary/aromatic N) is 4. The van der Waals surface area contributed by atoms with Crippen LogP contribution >= 0.6 is 0 Å². The third kappa shape index (κ3) is 1.96. The summed E-state index contributed by atoms with van der Waals surface area (Å²) in [6.07, 6.45) is 0. The van der Waals surface area contributed by atoms with Gasteiger partial charge in [0.2, 0.25) is 5.82 Å². The van der Waals surface area contributed by atoms with Gasteiger partial charge in [0.15, 0.2) is 0 Å². The van der Waals surface area contributed by atoms with E-state index in [2.05, 4.69) is 15.3 Å². The average molecular weight is 279 g/mol. The van der Waals surface area contributed by atoms with Gasteiger partial charge in [-0.05, 0) is 11.8 Å². The van der Waals surface area contributed by atoms with E-state index in [0.717, 1.165) is 26.2 Å². The Labute approximate surface area is 118 Å². The molecule has 0 radical (unpaired) electrons. The zero-order chi connectivity index (χ0) is 14.4. The Balaban J connectivity index is 1.99. The highest BCUT2D eigenvalue weighted by Gasteiger charge is 2.41. The Bertz CT molecular complexity index is 527. The van der Waals surface area contributed by atoms with Crippen LogP contribution in [0.5, 0.6) is 0 Å². The second-order valence-corrected chi connectivity index (χ2v) is 6.18. The summed E-state index contributed by atoms with van der Waals surface area (Å²) in [5, 5.41) is 19.3. The molecular formula is C13H21N5O2. The van der Waals surface area contributed by atoms with Crippen LogP contribution < -0.4 is 10.2 Å². The van der Waals surface area contributed by atoms with E-state index in [9.17, 15) is 10.1 Å². The van der Waals surface area contributed by atoms with Gasteiger partial charge in [-0.25, -0.2) is 4.68 Å². The lowest BCUT2D eigenvalue weighted by molar-refractivity contribution is -0.385. The van der Waals surface area contributed by atoms with Crippen molar-refractivity contribution in [1.29, 1.82) is 0 Å². The Morgan fingerprint density at radius 1 is 1.35 bits per heavy atom. The number of hydrogen-bond acceptors (Lipinski definition) is 5. The van der Waals surface area contributed by atoms with Gasteiger partial charge in [-0.15, -0.1) is 0 Å². The van der Waals surface area contributed by atoms with Crippen LogP contribution in [-0.4, -0.2) is 40.9 Å². The quantitative estimate of drug-likeness (QED) is 0.662. The third-order valence-electron chi connectivity index (χ3n) is 4.44. The molecule has 2 aliphatic rings. The third-order valence-corrected chi connectivity index (χ3v) is 4.44. The van der Waals surface area contributed by atoms with Crippen LogP contribution in [0.1, 0.15) is 25.5 Å². The van der Waals surface area contributed by atoms with Gasteiger partial charge in [0, 0.05) is 39.1 Å². The van der Waals surface area contributed by atoms with Crippen LogP contribution in [-0.2, 0) is 7.05 Å². The average Bonchev–Trinajstić information content (AvgIpc) is 2.98. The first-order chi connectivity index (χ1) is 9.49. The molecule has 0 amide bonds. The number of nitro groups is 1. The number of fused-ring (bicyclic) bond motifs is 1. The van der Waals surface area contributed by atoms with Crippen molar-refractivity contribution >= 4 is 11.5 Å². The summed E-state index contributed by atoms with van der Waals surface area (Å²) in [5.41, 5.74) is 0.776. The summed E-state index contributed by atoms with van der Waals surface area (Å²) in [6.45, 7) is 7.70. The van der Waals surface area contributed by atoms with E-state index in [1.54, 1.807) is 11.7 Å².